The molecule has 0 saturated heterocycles. The van der Waals surface area contributed by atoms with E-state index in [0.717, 1.165) is 25.0 Å². The fraction of sp³-hybridized carbons (Fsp3) is 0.636. The van der Waals surface area contributed by atoms with Crippen molar-refractivity contribution in [2.45, 2.75) is 44.6 Å². The predicted molar refractivity (Wildman–Crippen MR) is 60.8 cm³/mol. The highest BCUT2D eigenvalue weighted by molar-refractivity contribution is 7.07. The Morgan fingerprint density at radius 3 is 3.00 bits per heavy atom. The molecule has 1 saturated carbocycles. The van der Waals surface area contributed by atoms with Crippen molar-refractivity contribution in [3.05, 3.63) is 16.6 Å². The Balaban J connectivity index is 1.68. The van der Waals surface area contributed by atoms with Crippen LogP contribution in [0.5, 0.6) is 0 Å². The predicted octanol–water partition coefficient (Wildman–Crippen LogP) is 2.13. The van der Waals surface area contributed by atoms with Gasteiger partial charge in [-0.2, -0.15) is 0 Å². The molecule has 0 atom stereocenters. The molecule has 2 rings (SSSR count). The molecular weight excluding hydrogens is 208 g/mol. The number of nitrogens with zero attached hydrogens (tertiary/aromatic N) is 1. The van der Waals surface area contributed by atoms with Crippen LogP contribution in [0.15, 0.2) is 10.9 Å². The highest BCUT2D eigenvalue weighted by Gasteiger charge is 2.16. The minimum atomic E-state index is 0.176. The third-order valence-corrected chi connectivity index (χ3v) is 3.45. The number of thiazole rings is 1. The fourth-order valence-electron chi connectivity index (χ4n) is 1.97. The first kappa shape index (κ1) is 10.6. The summed E-state index contributed by atoms with van der Waals surface area (Å²) in [6, 6.07) is 0.438. The molecule has 82 valence electrons. The van der Waals surface area contributed by atoms with E-state index in [0.29, 0.717) is 12.5 Å². The lowest BCUT2D eigenvalue weighted by atomic mass is 10.2. The van der Waals surface area contributed by atoms with E-state index in [2.05, 4.69) is 10.3 Å². The summed E-state index contributed by atoms with van der Waals surface area (Å²) in [7, 11) is 0. The van der Waals surface area contributed by atoms with E-state index in [1.165, 1.54) is 12.8 Å². The summed E-state index contributed by atoms with van der Waals surface area (Å²) in [5.74, 6) is 0.176. The zero-order valence-corrected chi connectivity index (χ0v) is 9.55. The van der Waals surface area contributed by atoms with E-state index >= 15 is 0 Å². The summed E-state index contributed by atoms with van der Waals surface area (Å²) < 4.78 is 0. The second kappa shape index (κ2) is 5.26. The molecule has 1 amide bonds. The van der Waals surface area contributed by atoms with Crippen LogP contribution in [0.3, 0.4) is 0 Å². The third-order valence-electron chi connectivity index (χ3n) is 2.81. The molecule has 1 aliphatic carbocycles. The first-order chi connectivity index (χ1) is 7.34. The van der Waals surface area contributed by atoms with Crippen molar-refractivity contribution in [2.75, 3.05) is 0 Å². The van der Waals surface area contributed by atoms with Crippen molar-refractivity contribution in [1.82, 2.24) is 10.3 Å². The molecule has 3 nitrogen and oxygen atoms in total. The van der Waals surface area contributed by atoms with Crippen LogP contribution in [-0.2, 0) is 11.2 Å². The molecule has 1 aromatic rings. The number of nitrogens with one attached hydrogen (secondary N) is 1. The van der Waals surface area contributed by atoms with Crippen LogP contribution >= 0.6 is 11.3 Å². The quantitative estimate of drug-likeness (QED) is 0.851. The number of rotatable bonds is 4. The van der Waals surface area contributed by atoms with Crippen molar-refractivity contribution >= 4 is 17.2 Å². The van der Waals surface area contributed by atoms with Gasteiger partial charge in [-0.1, -0.05) is 12.8 Å². The van der Waals surface area contributed by atoms with Gasteiger partial charge in [0.1, 0.15) is 0 Å². The van der Waals surface area contributed by atoms with E-state index in [-0.39, 0.29) is 5.91 Å². The Hall–Kier alpha value is -0.900. The first-order valence-corrected chi connectivity index (χ1v) is 6.45. The van der Waals surface area contributed by atoms with Crippen LogP contribution in [0.4, 0.5) is 0 Å². The van der Waals surface area contributed by atoms with Crippen LogP contribution in [0.25, 0.3) is 0 Å². The lowest BCUT2D eigenvalue weighted by Crippen LogP contribution is -2.32. The summed E-state index contributed by atoms with van der Waals surface area (Å²) in [4.78, 5) is 15.7. The minimum Gasteiger partial charge on any atom is -0.353 e. The first-order valence-electron chi connectivity index (χ1n) is 5.51. The normalized spacial score (nSPS) is 16.8. The Morgan fingerprint density at radius 2 is 2.33 bits per heavy atom. The molecule has 0 aromatic carbocycles. The van der Waals surface area contributed by atoms with E-state index in [1.54, 1.807) is 11.3 Å². The SMILES string of the molecule is O=C(CCc1cscn1)NC1CCCC1. The average Bonchev–Trinajstić information content (AvgIpc) is 2.86. The lowest BCUT2D eigenvalue weighted by Gasteiger charge is -2.10. The molecule has 15 heavy (non-hydrogen) atoms. The molecule has 1 aromatic heterocycles. The monoisotopic (exact) mass is 224 g/mol. The van der Waals surface area contributed by atoms with Gasteiger partial charge in [0, 0.05) is 17.8 Å². The van der Waals surface area contributed by atoms with Crippen molar-refractivity contribution in [1.29, 1.82) is 0 Å². The van der Waals surface area contributed by atoms with E-state index in [1.807, 2.05) is 10.9 Å². The molecule has 0 spiro atoms. The number of carbonyl (C=O) groups is 1. The zero-order valence-electron chi connectivity index (χ0n) is 8.74. The van der Waals surface area contributed by atoms with Crippen LogP contribution in [0, 0.1) is 0 Å². The smallest absolute Gasteiger partial charge is 0.220 e. The molecule has 1 N–H and O–H groups in total. The number of amides is 1. The van der Waals surface area contributed by atoms with Crippen molar-refractivity contribution in [3.63, 3.8) is 0 Å². The van der Waals surface area contributed by atoms with Crippen molar-refractivity contribution in [2.24, 2.45) is 0 Å². The Kier molecular flexibility index (Phi) is 3.72. The van der Waals surface area contributed by atoms with Crippen LogP contribution in [0.2, 0.25) is 0 Å². The van der Waals surface area contributed by atoms with Gasteiger partial charge in [-0.05, 0) is 19.3 Å². The fourth-order valence-corrected chi connectivity index (χ4v) is 2.57. The third kappa shape index (κ3) is 3.30. The Bertz CT molecular complexity index is 304. The molecule has 4 heteroatoms. The summed E-state index contributed by atoms with van der Waals surface area (Å²) in [5, 5.41) is 5.08. The standard InChI is InChI=1S/C11H16N2OS/c14-11(13-9-3-1-2-4-9)6-5-10-7-15-8-12-10/h7-9H,1-6H2,(H,13,14). The van der Waals surface area contributed by atoms with Gasteiger partial charge in [0.25, 0.3) is 0 Å². The van der Waals surface area contributed by atoms with Gasteiger partial charge in [-0.25, -0.2) is 4.98 Å². The minimum absolute atomic E-state index is 0.176. The van der Waals surface area contributed by atoms with E-state index in [4.69, 9.17) is 0 Å². The zero-order chi connectivity index (χ0) is 10.5. The van der Waals surface area contributed by atoms with Gasteiger partial charge >= 0.3 is 0 Å². The van der Waals surface area contributed by atoms with Gasteiger partial charge in [0.05, 0.1) is 11.2 Å². The van der Waals surface area contributed by atoms with Gasteiger partial charge in [-0.3, -0.25) is 4.79 Å². The molecular formula is C11H16N2OS. The second-order valence-corrected chi connectivity index (χ2v) is 4.75. The topological polar surface area (TPSA) is 42.0 Å². The molecule has 0 radical (unpaired) electrons. The van der Waals surface area contributed by atoms with Crippen LogP contribution in [0.1, 0.15) is 37.8 Å². The van der Waals surface area contributed by atoms with Gasteiger partial charge in [-0.15, -0.1) is 11.3 Å². The highest BCUT2D eigenvalue weighted by Crippen LogP contribution is 2.17. The second-order valence-electron chi connectivity index (χ2n) is 4.03. The van der Waals surface area contributed by atoms with Crippen LogP contribution < -0.4 is 5.32 Å². The van der Waals surface area contributed by atoms with Crippen molar-refractivity contribution in [3.8, 4) is 0 Å². The lowest BCUT2D eigenvalue weighted by molar-refractivity contribution is -0.121. The Labute approximate surface area is 93.9 Å². The van der Waals surface area contributed by atoms with Gasteiger partial charge in [0.2, 0.25) is 5.91 Å². The Morgan fingerprint density at radius 1 is 1.53 bits per heavy atom. The largest absolute Gasteiger partial charge is 0.353 e. The maximum atomic E-state index is 11.6. The van der Waals surface area contributed by atoms with Gasteiger partial charge < -0.3 is 5.32 Å². The average molecular weight is 224 g/mol. The summed E-state index contributed by atoms with van der Waals surface area (Å²) in [6.07, 6.45) is 6.17. The van der Waals surface area contributed by atoms with E-state index in [9.17, 15) is 4.79 Å². The number of hydrogen-bond acceptors (Lipinski definition) is 3. The number of carbonyl (C=O) groups excluding carboxylic acids is 1. The molecule has 1 heterocycles. The molecule has 1 fully saturated rings. The summed E-state index contributed by atoms with van der Waals surface area (Å²) in [5.41, 5.74) is 2.84. The number of hydrogen-bond donors (Lipinski definition) is 1. The van der Waals surface area contributed by atoms with Crippen LogP contribution in [-0.4, -0.2) is 16.9 Å². The molecule has 0 aliphatic heterocycles. The summed E-state index contributed by atoms with van der Waals surface area (Å²) >= 11 is 1.58. The maximum Gasteiger partial charge on any atom is 0.220 e. The van der Waals surface area contributed by atoms with E-state index < -0.39 is 0 Å². The van der Waals surface area contributed by atoms with Crippen molar-refractivity contribution < 1.29 is 4.79 Å². The number of aryl methyl sites for hydroxylation is 1. The number of aromatic nitrogens is 1. The molecule has 1 aliphatic rings. The maximum absolute atomic E-state index is 11.6. The molecule has 0 bridgehead atoms. The highest BCUT2D eigenvalue weighted by atomic mass is 32.1. The van der Waals surface area contributed by atoms with Gasteiger partial charge in [0.15, 0.2) is 0 Å². The summed E-state index contributed by atoms with van der Waals surface area (Å²) in [6.45, 7) is 0. The molecule has 0 unspecified atom stereocenters.